The summed E-state index contributed by atoms with van der Waals surface area (Å²) in [6.45, 7) is 0. The second kappa shape index (κ2) is 11.0. The molecule has 0 aliphatic rings. The van der Waals surface area contributed by atoms with Crippen molar-refractivity contribution in [3.05, 3.63) is 152 Å². The van der Waals surface area contributed by atoms with Crippen LogP contribution in [0, 0.1) is 0 Å². The number of hydrogen-bond donors (Lipinski definition) is 0. The molecule has 0 bridgehead atoms. The van der Waals surface area contributed by atoms with Crippen LogP contribution in [-0.2, 0) is 0 Å². The smallest absolute Gasteiger partial charge is 0.0972 e. The highest BCUT2D eigenvalue weighted by Gasteiger charge is 2.12. The van der Waals surface area contributed by atoms with Crippen LogP contribution in [0.3, 0.4) is 0 Å². The molecule has 8 rings (SSSR count). The molecule has 5 aromatic heterocycles. The zero-order chi connectivity index (χ0) is 29.3. The fourth-order valence-electron chi connectivity index (χ4n) is 5.52. The maximum Gasteiger partial charge on any atom is 0.0972 e. The fraction of sp³-hybridized carbons (Fsp3) is 0. The van der Waals surface area contributed by atoms with Gasteiger partial charge in [0.2, 0.25) is 0 Å². The van der Waals surface area contributed by atoms with Gasteiger partial charge in [-0.2, -0.15) is 0 Å². The Morgan fingerprint density at radius 2 is 0.773 bits per heavy atom. The van der Waals surface area contributed by atoms with E-state index >= 15 is 0 Å². The highest BCUT2D eigenvalue weighted by Crippen LogP contribution is 2.32. The largest absolute Gasteiger partial charge is 0.255 e. The molecule has 0 saturated heterocycles. The molecule has 206 valence electrons. The first kappa shape index (κ1) is 25.6. The molecule has 44 heavy (non-hydrogen) atoms. The molecule has 0 amide bonds. The molecule has 5 heterocycles. The molecule has 5 nitrogen and oxygen atoms in total. The molecule has 0 N–H and O–H groups in total. The van der Waals surface area contributed by atoms with E-state index in [2.05, 4.69) is 94.9 Å². The van der Waals surface area contributed by atoms with Gasteiger partial charge in [-0.25, -0.2) is 15.0 Å². The van der Waals surface area contributed by atoms with Crippen molar-refractivity contribution < 1.29 is 0 Å². The number of nitrogens with zero attached hydrogens (tertiary/aromatic N) is 5. The quantitative estimate of drug-likeness (QED) is 0.195. The van der Waals surface area contributed by atoms with Gasteiger partial charge in [0.15, 0.2) is 0 Å². The normalized spacial score (nSPS) is 11.2. The number of benzene rings is 3. The standard InChI is InChI=1S/C39H25N5/c1-2-8-27(9-3-1)32-20-18-29-16-17-30-19-21-33(44-39(30)38(29)43-32)28-14-12-26(13-15-28)31-24-36(34-10-4-6-22-40-34)42-37(25-31)35-11-5-7-23-41-35/h1-25H. The van der Waals surface area contributed by atoms with Crippen LogP contribution in [0.15, 0.2) is 152 Å². The van der Waals surface area contributed by atoms with E-state index < -0.39 is 0 Å². The summed E-state index contributed by atoms with van der Waals surface area (Å²) in [6.07, 6.45) is 3.58. The minimum absolute atomic E-state index is 0.804. The summed E-state index contributed by atoms with van der Waals surface area (Å²) in [5.41, 5.74) is 11.1. The van der Waals surface area contributed by atoms with Gasteiger partial charge in [0.25, 0.3) is 0 Å². The van der Waals surface area contributed by atoms with Crippen LogP contribution in [0.2, 0.25) is 0 Å². The van der Waals surface area contributed by atoms with Crippen LogP contribution >= 0.6 is 0 Å². The average molecular weight is 564 g/mol. The maximum atomic E-state index is 5.13. The van der Waals surface area contributed by atoms with E-state index in [4.69, 9.17) is 15.0 Å². The lowest BCUT2D eigenvalue weighted by atomic mass is 10.00. The van der Waals surface area contributed by atoms with E-state index in [9.17, 15) is 0 Å². The van der Waals surface area contributed by atoms with Gasteiger partial charge in [0.1, 0.15) is 0 Å². The van der Waals surface area contributed by atoms with Crippen LogP contribution in [-0.4, -0.2) is 24.9 Å². The third kappa shape index (κ3) is 4.86. The van der Waals surface area contributed by atoms with Crippen molar-refractivity contribution in [3.63, 3.8) is 0 Å². The Bertz CT molecular complexity index is 2190. The molecule has 0 spiro atoms. The number of hydrogen-bond acceptors (Lipinski definition) is 5. The highest BCUT2D eigenvalue weighted by molar-refractivity contribution is 6.04. The Labute approximate surface area is 254 Å². The summed E-state index contributed by atoms with van der Waals surface area (Å²) in [4.78, 5) is 24.2. The predicted molar refractivity (Wildman–Crippen MR) is 178 cm³/mol. The fourth-order valence-corrected chi connectivity index (χ4v) is 5.52. The molecule has 0 aliphatic heterocycles. The van der Waals surface area contributed by atoms with Gasteiger partial charge < -0.3 is 0 Å². The first-order valence-corrected chi connectivity index (χ1v) is 14.5. The van der Waals surface area contributed by atoms with Gasteiger partial charge in [0.05, 0.1) is 45.2 Å². The lowest BCUT2D eigenvalue weighted by Gasteiger charge is -2.11. The van der Waals surface area contributed by atoms with Crippen molar-refractivity contribution in [2.24, 2.45) is 0 Å². The van der Waals surface area contributed by atoms with Crippen LogP contribution in [0.1, 0.15) is 0 Å². The minimum Gasteiger partial charge on any atom is -0.255 e. The Morgan fingerprint density at radius 1 is 0.295 bits per heavy atom. The van der Waals surface area contributed by atoms with Gasteiger partial charge in [0, 0.05) is 34.3 Å². The van der Waals surface area contributed by atoms with E-state index in [0.29, 0.717) is 0 Å². The molecule has 0 unspecified atom stereocenters. The number of pyridine rings is 5. The Morgan fingerprint density at radius 3 is 1.30 bits per heavy atom. The van der Waals surface area contributed by atoms with E-state index in [1.807, 2.05) is 54.6 Å². The van der Waals surface area contributed by atoms with E-state index in [0.717, 1.165) is 78.2 Å². The number of aromatic nitrogens is 5. The third-order valence-corrected chi connectivity index (χ3v) is 7.78. The topological polar surface area (TPSA) is 64.5 Å². The second-order valence-corrected chi connectivity index (χ2v) is 10.6. The van der Waals surface area contributed by atoms with Crippen LogP contribution < -0.4 is 0 Å². The average Bonchev–Trinajstić information content (AvgIpc) is 3.12. The molecule has 8 aromatic rings. The molecule has 0 fully saturated rings. The molecule has 0 aliphatic carbocycles. The Balaban J connectivity index is 1.19. The van der Waals surface area contributed by atoms with Gasteiger partial charge in [-0.3, -0.25) is 9.97 Å². The SMILES string of the molecule is c1ccc(-c2ccc3ccc4ccc(-c5ccc(-c6cc(-c7ccccn7)nc(-c7ccccn7)c6)cc5)nc4c3n2)cc1. The van der Waals surface area contributed by atoms with Crippen LogP contribution in [0.5, 0.6) is 0 Å². The zero-order valence-electron chi connectivity index (χ0n) is 23.7. The van der Waals surface area contributed by atoms with E-state index in [1.54, 1.807) is 12.4 Å². The van der Waals surface area contributed by atoms with Crippen molar-refractivity contribution in [2.75, 3.05) is 0 Å². The Hall–Kier alpha value is -6.07. The van der Waals surface area contributed by atoms with Crippen molar-refractivity contribution in [1.82, 2.24) is 24.9 Å². The van der Waals surface area contributed by atoms with E-state index in [-0.39, 0.29) is 0 Å². The summed E-state index contributed by atoms with van der Waals surface area (Å²) >= 11 is 0. The zero-order valence-corrected chi connectivity index (χ0v) is 23.7. The summed E-state index contributed by atoms with van der Waals surface area (Å²) in [7, 11) is 0. The summed E-state index contributed by atoms with van der Waals surface area (Å²) in [6, 6.07) is 47.3. The van der Waals surface area contributed by atoms with Crippen molar-refractivity contribution in [2.45, 2.75) is 0 Å². The molecule has 3 aromatic carbocycles. The van der Waals surface area contributed by atoms with Gasteiger partial charge >= 0.3 is 0 Å². The van der Waals surface area contributed by atoms with Crippen LogP contribution in [0.4, 0.5) is 0 Å². The maximum absolute atomic E-state index is 5.13. The predicted octanol–water partition coefficient (Wildman–Crippen LogP) is 9.30. The van der Waals surface area contributed by atoms with Gasteiger partial charge in [-0.15, -0.1) is 0 Å². The first-order chi connectivity index (χ1) is 21.8. The van der Waals surface area contributed by atoms with Crippen molar-refractivity contribution in [1.29, 1.82) is 0 Å². The lowest BCUT2D eigenvalue weighted by molar-refractivity contribution is 1.22. The van der Waals surface area contributed by atoms with Crippen LogP contribution in [0.25, 0.3) is 78.2 Å². The summed E-state index contributed by atoms with van der Waals surface area (Å²) < 4.78 is 0. The summed E-state index contributed by atoms with van der Waals surface area (Å²) in [5.74, 6) is 0. The van der Waals surface area contributed by atoms with Gasteiger partial charge in [-0.1, -0.05) is 91.0 Å². The molecular weight excluding hydrogens is 538 g/mol. The number of rotatable bonds is 5. The molecule has 0 radical (unpaired) electrons. The van der Waals surface area contributed by atoms with E-state index in [1.165, 1.54) is 0 Å². The van der Waals surface area contributed by atoms with Crippen molar-refractivity contribution in [3.8, 4) is 56.4 Å². The lowest BCUT2D eigenvalue weighted by Crippen LogP contribution is -1.94. The second-order valence-electron chi connectivity index (χ2n) is 10.6. The minimum atomic E-state index is 0.804. The highest BCUT2D eigenvalue weighted by atomic mass is 14.8. The molecule has 0 saturated carbocycles. The summed E-state index contributed by atoms with van der Waals surface area (Å²) in [5, 5.41) is 2.14. The third-order valence-electron chi connectivity index (χ3n) is 7.78. The van der Waals surface area contributed by atoms with Crippen molar-refractivity contribution >= 4 is 21.8 Å². The molecule has 0 atom stereocenters. The molecule has 5 heteroatoms. The monoisotopic (exact) mass is 563 g/mol. The molecular formula is C39H25N5. The first-order valence-electron chi connectivity index (χ1n) is 14.5. The van der Waals surface area contributed by atoms with Gasteiger partial charge in [-0.05, 0) is 59.7 Å². The Kier molecular flexibility index (Phi) is 6.39. The number of fused-ring (bicyclic) bond motifs is 3.